The van der Waals surface area contributed by atoms with Crippen molar-refractivity contribution in [2.45, 2.75) is 26.4 Å². The molecule has 1 aromatic carbocycles. The van der Waals surface area contributed by atoms with E-state index in [0.29, 0.717) is 38.7 Å². The molecule has 1 saturated heterocycles. The zero-order chi connectivity index (χ0) is 19.5. The quantitative estimate of drug-likeness (QED) is 0.668. The van der Waals surface area contributed by atoms with Crippen molar-refractivity contribution in [3.63, 3.8) is 0 Å². The lowest BCUT2D eigenvalue weighted by molar-refractivity contribution is -0.132. The summed E-state index contributed by atoms with van der Waals surface area (Å²) in [5.74, 6) is 0.656. The summed E-state index contributed by atoms with van der Waals surface area (Å²) >= 11 is 0. The number of imidazole rings is 1. The molecule has 0 aliphatic carbocycles. The largest absolute Gasteiger partial charge is 0.338 e. The van der Waals surface area contributed by atoms with Crippen molar-refractivity contribution in [3.05, 3.63) is 53.2 Å². The topological polar surface area (TPSA) is 76.3 Å². The van der Waals surface area contributed by atoms with Gasteiger partial charge in [-0.25, -0.2) is 14.8 Å². The van der Waals surface area contributed by atoms with Gasteiger partial charge in [0.25, 0.3) is 0 Å². The molecule has 1 fully saturated rings. The van der Waals surface area contributed by atoms with Crippen molar-refractivity contribution in [3.8, 4) is 0 Å². The highest BCUT2D eigenvalue weighted by atomic mass is 16.2. The minimum absolute atomic E-state index is 0.0323. The lowest BCUT2D eigenvalue weighted by Gasteiger charge is -2.34. The van der Waals surface area contributed by atoms with Crippen LogP contribution in [0.1, 0.15) is 13.3 Å². The fourth-order valence-electron chi connectivity index (χ4n) is 3.71. The molecule has 0 bridgehead atoms. The van der Waals surface area contributed by atoms with Crippen LogP contribution in [0.5, 0.6) is 0 Å². The first-order valence-corrected chi connectivity index (χ1v) is 9.67. The second-order valence-corrected chi connectivity index (χ2v) is 6.93. The molecule has 0 N–H and O–H groups in total. The Hall–Kier alpha value is -3.16. The summed E-state index contributed by atoms with van der Waals surface area (Å²) in [6.45, 7) is 5.32. The molecule has 28 heavy (non-hydrogen) atoms. The SMILES string of the molecule is CCCn1c(=O)n(CC(=O)N2CCN(c3ncccn3)CC2)c2ccccc21. The van der Waals surface area contributed by atoms with Gasteiger partial charge < -0.3 is 9.80 Å². The molecule has 146 valence electrons. The summed E-state index contributed by atoms with van der Waals surface area (Å²) < 4.78 is 3.35. The Kier molecular flexibility index (Phi) is 5.10. The lowest BCUT2D eigenvalue weighted by atomic mass is 10.3. The molecule has 1 aliphatic heterocycles. The van der Waals surface area contributed by atoms with Gasteiger partial charge in [0.05, 0.1) is 11.0 Å². The number of fused-ring (bicyclic) bond motifs is 1. The van der Waals surface area contributed by atoms with Crippen LogP contribution in [0, 0.1) is 0 Å². The molecule has 1 amide bonds. The van der Waals surface area contributed by atoms with Crippen LogP contribution < -0.4 is 10.6 Å². The number of para-hydroxylation sites is 2. The van der Waals surface area contributed by atoms with Gasteiger partial charge in [-0.1, -0.05) is 19.1 Å². The number of benzene rings is 1. The van der Waals surface area contributed by atoms with Crippen molar-refractivity contribution in [2.75, 3.05) is 31.1 Å². The molecule has 8 heteroatoms. The van der Waals surface area contributed by atoms with E-state index >= 15 is 0 Å². The van der Waals surface area contributed by atoms with Crippen LogP contribution in [-0.4, -0.2) is 56.1 Å². The fraction of sp³-hybridized carbons (Fsp3) is 0.400. The van der Waals surface area contributed by atoms with E-state index in [0.717, 1.165) is 17.5 Å². The van der Waals surface area contributed by atoms with E-state index < -0.39 is 0 Å². The number of carbonyl (C=O) groups excluding carboxylic acids is 1. The number of hydrogen-bond acceptors (Lipinski definition) is 5. The summed E-state index contributed by atoms with van der Waals surface area (Å²) in [6, 6.07) is 9.45. The average molecular weight is 380 g/mol. The maximum absolute atomic E-state index is 12.9. The Bertz CT molecular complexity index is 1020. The van der Waals surface area contributed by atoms with E-state index in [4.69, 9.17) is 0 Å². The first-order valence-electron chi connectivity index (χ1n) is 9.67. The molecule has 2 aromatic heterocycles. The maximum atomic E-state index is 12.9. The molecule has 3 heterocycles. The number of aryl methyl sites for hydroxylation is 1. The number of piperazine rings is 1. The van der Waals surface area contributed by atoms with Crippen molar-refractivity contribution < 1.29 is 4.79 Å². The Morgan fingerprint density at radius 2 is 1.61 bits per heavy atom. The number of anilines is 1. The van der Waals surface area contributed by atoms with Gasteiger partial charge in [-0.15, -0.1) is 0 Å². The highest BCUT2D eigenvalue weighted by Crippen LogP contribution is 2.15. The van der Waals surface area contributed by atoms with Crippen molar-refractivity contribution in [1.29, 1.82) is 0 Å². The highest BCUT2D eigenvalue weighted by molar-refractivity contribution is 5.81. The van der Waals surface area contributed by atoms with Gasteiger partial charge in [0.15, 0.2) is 0 Å². The van der Waals surface area contributed by atoms with Crippen LogP contribution in [0.3, 0.4) is 0 Å². The third-order valence-electron chi connectivity index (χ3n) is 5.13. The lowest BCUT2D eigenvalue weighted by Crippen LogP contribution is -2.50. The molecule has 4 rings (SSSR count). The predicted molar refractivity (Wildman–Crippen MR) is 107 cm³/mol. The molecule has 8 nitrogen and oxygen atoms in total. The third kappa shape index (κ3) is 3.37. The van der Waals surface area contributed by atoms with Crippen molar-refractivity contribution in [2.24, 2.45) is 0 Å². The van der Waals surface area contributed by atoms with E-state index in [1.165, 1.54) is 0 Å². The molecular weight excluding hydrogens is 356 g/mol. The first-order chi connectivity index (χ1) is 13.7. The molecule has 3 aromatic rings. The van der Waals surface area contributed by atoms with Gasteiger partial charge in [-0.3, -0.25) is 13.9 Å². The number of carbonyl (C=O) groups is 1. The van der Waals surface area contributed by atoms with E-state index in [2.05, 4.69) is 14.9 Å². The Morgan fingerprint density at radius 1 is 0.964 bits per heavy atom. The Labute approximate surface area is 163 Å². The molecule has 0 unspecified atom stereocenters. The fourth-order valence-corrected chi connectivity index (χ4v) is 3.71. The van der Waals surface area contributed by atoms with Crippen LogP contribution in [-0.2, 0) is 17.9 Å². The highest BCUT2D eigenvalue weighted by Gasteiger charge is 2.24. The minimum Gasteiger partial charge on any atom is -0.338 e. The Balaban J connectivity index is 1.49. The summed E-state index contributed by atoms with van der Waals surface area (Å²) in [7, 11) is 0. The second-order valence-electron chi connectivity index (χ2n) is 6.93. The zero-order valence-corrected chi connectivity index (χ0v) is 16.0. The van der Waals surface area contributed by atoms with Gasteiger partial charge in [0.2, 0.25) is 11.9 Å². The first kappa shape index (κ1) is 18.2. The summed E-state index contributed by atoms with van der Waals surface area (Å²) in [4.78, 5) is 38.2. The minimum atomic E-state index is -0.118. The van der Waals surface area contributed by atoms with E-state index in [-0.39, 0.29) is 18.1 Å². The number of nitrogens with zero attached hydrogens (tertiary/aromatic N) is 6. The maximum Gasteiger partial charge on any atom is 0.329 e. The van der Waals surface area contributed by atoms with Crippen molar-refractivity contribution >= 4 is 22.9 Å². The van der Waals surface area contributed by atoms with E-state index in [1.54, 1.807) is 27.6 Å². The number of amides is 1. The molecule has 1 aliphatic rings. The van der Waals surface area contributed by atoms with Crippen LogP contribution in [0.2, 0.25) is 0 Å². The van der Waals surface area contributed by atoms with Crippen LogP contribution in [0.15, 0.2) is 47.5 Å². The third-order valence-corrected chi connectivity index (χ3v) is 5.13. The van der Waals surface area contributed by atoms with Gasteiger partial charge in [0, 0.05) is 45.1 Å². The normalized spacial score (nSPS) is 14.6. The summed E-state index contributed by atoms with van der Waals surface area (Å²) in [5, 5.41) is 0. The van der Waals surface area contributed by atoms with E-state index in [1.807, 2.05) is 36.1 Å². The van der Waals surface area contributed by atoms with Gasteiger partial charge in [-0.2, -0.15) is 0 Å². The number of aromatic nitrogens is 4. The molecular formula is C20H24N6O2. The van der Waals surface area contributed by atoms with Gasteiger partial charge in [0.1, 0.15) is 6.54 Å². The monoisotopic (exact) mass is 380 g/mol. The smallest absolute Gasteiger partial charge is 0.329 e. The molecule has 0 radical (unpaired) electrons. The zero-order valence-electron chi connectivity index (χ0n) is 16.0. The Morgan fingerprint density at radius 3 is 2.25 bits per heavy atom. The summed E-state index contributed by atoms with van der Waals surface area (Å²) in [6.07, 6.45) is 4.31. The number of hydrogen-bond donors (Lipinski definition) is 0. The molecule has 0 atom stereocenters. The standard InChI is InChI=1S/C20H24N6O2/c1-2-10-25-16-6-3-4-7-17(16)26(20(25)28)15-18(27)23-11-13-24(14-12-23)19-21-8-5-9-22-19/h3-9H,2,10-15H2,1H3. The predicted octanol–water partition coefficient (Wildman–Crippen LogP) is 1.35. The molecule has 0 spiro atoms. The number of rotatable bonds is 5. The van der Waals surface area contributed by atoms with Crippen molar-refractivity contribution in [1.82, 2.24) is 24.0 Å². The summed E-state index contributed by atoms with van der Waals surface area (Å²) in [5.41, 5.74) is 1.58. The molecule has 0 saturated carbocycles. The van der Waals surface area contributed by atoms with Crippen LogP contribution in [0.4, 0.5) is 5.95 Å². The van der Waals surface area contributed by atoms with Gasteiger partial charge >= 0.3 is 5.69 Å². The second kappa shape index (κ2) is 7.84. The van der Waals surface area contributed by atoms with E-state index in [9.17, 15) is 9.59 Å². The average Bonchev–Trinajstić information content (AvgIpc) is 3.01. The van der Waals surface area contributed by atoms with Gasteiger partial charge in [-0.05, 0) is 24.6 Å². The van der Waals surface area contributed by atoms with Crippen LogP contribution in [0.25, 0.3) is 11.0 Å². The van der Waals surface area contributed by atoms with Crippen LogP contribution >= 0.6 is 0 Å².